The number of aromatic nitrogens is 1. The standard InChI is InChI=1S/C20H15F3N2O/c1-13(14-5-7-16(8-6-14)20(21,22)23)11-19(26)25-18-4-2-3-15-12-24-10-9-17(15)18/h2-12H,1H3,(H,25,26)/b13-11-. The summed E-state index contributed by atoms with van der Waals surface area (Å²) in [5, 5.41) is 4.55. The van der Waals surface area contributed by atoms with E-state index in [2.05, 4.69) is 10.3 Å². The van der Waals surface area contributed by atoms with Gasteiger partial charge in [-0.2, -0.15) is 13.2 Å². The number of halogens is 3. The molecule has 0 atom stereocenters. The Hall–Kier alpha value is -3.15. The van der Waals surface area contributed by atoms with Gasteiger partial charge in [-0.1, -0.05) is 24.3 Å². The van der Waals surface area contributed by atoms with Gasteiger partial charge in [-0.3, -0.25) is 9.78 Å². The fourth-order valence-corrected chi connectivity index (χ4v) is 2.60. The molecule has 0 bridgehead atoms. The summed E-state index contributed by atoms with van der Waals surface area (Å²) in [5.74, 6) is -0.355. The topological polar surface area (TPSA) is 42.0 Å². The van der Waals surface area contributed by atoms with Crippen molar-refractivity contribution >= 4 is 27.9 Å². The molecule has 2 aromatic carbocycles. The first-order valence-electron chi connectivity index (χ1n) is 7.84. The van der Waals surface area contributed by atoms with E-state index < -0.39 is 11.7 Å². The minimum Gasteiger partial charge on any atom is -0.322 e. The summed E-state index contributed by atoms with van der Waals surface area (Å²) in [6, 6.07) is 12.0. The highest BCUT2D eigenvalue weighted by Gasteiger charge is 2.29. The average molecular weight is 356 g/mol. The number of benzene rings is 2. The van der Waals surface area contributed by atoms with E-state index in [0.717, 1.165) is 22.9 Å². The maximum Gasteiger partial charge on any atom is 0.416 e. The van der Waals surface area contributed by atoms with Crippen molar-refractivity contribution in [3.8, 4) is 0 Å². The summed E-state index contributed by atoms with van der Waals surface area (Å²) in [7, 11) is 0. The van der Waals surface area contributed by atoms with Crippen LogP contribution < -0.4 is 5.32 Å². The number of rotatable bonds is 3. The minimum absolute atomic E-state index is 0.355. The Morgan fingerprint density at radius 3 is 2.50 bits per heavy atom. The molecular weight excluding hydrogens is 341 g/mol. The Morgan fingerprint density at radius 1 is 1.08 bits per heavy atom. The monoisotopic (exact) mass is 356 g/mol. The van der Waals surface area contributed by atoms with Gasteiger partial charge in [0.05, 0.1) is 5.56 Å². The van der Waals surface area contributed by atoms with Crippen LogP contribution in [0.15, 0.2) is 67.0 Å². The Morgan fingerprint density at radius 2 is 1.81 bits per heavy atom. The van der Waals surface area contributed by atoms with Crippen molar-refractivity contribution in [1.82, 2.24) is 4.98 Å². The highest BCUT2D eigenvalue weighted by Crippen LogP contribution is 2.30. The number of hydrogen-bond donors (Lipinski definition) is 1. The van der Waals surface area contributed by atoms with Crippen molar-refractivity contribution < 1.29 is 18.0 Å². The van der Waals surface area contributed by atoms with E-state index in [1.165, 1.54) is 18.2 Å². The lowest BCUT2D eigenvalue weighted by atomic mass is 10.0. The quantitative estimate of drug-likeness (QED) is 0.648. The van der Waals surface area contributed by atoms with Crippen LogP contribution in [0.3, 0.4) is 0 Å². The number of nitrogens with zero attached hydrogens (tertiary/aromatic N) is 1. The summed E-state index contributed by atoms with van der Waals surface area (Å²) in [6.45, 7) is 1.68. The van der Waals surface area contributed by atoms with Crippen LogP contribution in [-0.2, 0) is 11.0 Å². The van der Waals surface area contributed by atoms with Crippen LogP contribution in [0.5, 0.6) is 0 Å². The number of amides is 1. The van der Waals surface area contributed by atoms with Crippen LogP contribution in [0.1, 0.15) is 18.1 Å². The molecule has 0 saturated carbocycles. The van der Waals surface area contributed by atoms with E-state index >= 15 is 0 Å². The molecule has 26 heavy (non-hydrogen) atoms. The number of anilines is 1. The van der Waals surface area contributed by atoms with Crippen LogP contribution in [-0.4, -0.2) is 10.9 Å². The van der Waals surface area contributed by atoms with Crippen molar-refractivity contribution in [2.75, 3.05) is 5.32 Å². The first-order chi connectivity index (χ1) is 12.3. The summed E-state index contributed by atoms with van der Waals surface area (Å²) in [5.41, 5.74) is 1.04. The molecule has 3 rings (SSSR count). The molecule has 0 unspecified atom stereocenters. The zero-order valence-corrected chi connectivity index (χ0v) is 13.8. The Bertz CT molecular complexity index is 971. The second kappa shape index (κ2) is 7.00. The van der Waals surface area contributed by atoms with Gasteiger partial charge in [0, 0.05) is 34.9 Å². The van der Waals surface area contributed by atoms with Gasteiger partial charge in [-0.15, -0.1) is 0 Å². The molecule has 0 aliphatic carbocycles. The number of carbonyl (C=O) groups is 1. The molecule has 0 spiro atoms. The highest BCUT2D eigenvalue weighted by molar-refractivity contribution is 6.08. The summed E-state index contributed by atoms with van der Waals surface area (Å²) in [4.78, 5) is 16.3. The fraction of sp³-hybridized carbons (Fsp3) is 0.100. The second-order valence-corrected chi connectivity index (χ2v) is 5.79. The number of allylic oxidation sites excluding steroid dienone is 1. The van der Waals surface area contributed by atoms with Crippen LogP contribution in [0.4, 0.5) is 18.9 Å². The van der Waals surface area contributed by atoms with Crippen LogP contribution in [0.2, 0.25) is 0 Å². The van der Waals surface area contributed by atoms with Crippen molar-refractivity contribution in [3.63, 3.8) is 0 Å². The van der Waals surface area contributed by atoms with Gasteiger partial charge in [0.15, 0.2) is 0 Å². The van der Waals surface area contributed by atoms with E-state index in [0.29, 0.717) is 16.8 Å². The average Bonchev–Trinajstić information content (AvgIpc) is 2.61. The van der Waals surface area contributed by atoms with E-state index in [-0.39, 0.29) is 5.91 Å². The lowest BCUT2D eigenvalue weighted by Gasteiger charge is -2.09. The summed E-state index contributed by atoms with van der Waals surface area (Å²) >= 11 is 0. The van der Waals surface area contributed by atoms with Crippen molar-refractivity contribution in [2.24, 2.45) is 0 Å². The summed E-state index contributed by atoms with van der Waals surface area (Å²) < 4.78 is 37.9. The summed E-state index contributed by atoms with van der Waals surface area (Å²) in [6.07, 6.45) is 0.328. The van der Waals surface area contributed by atoms with Gasteiger partial charge in [-0.05, 0) is 42.3 Å². The second-order valence-electron chi connectivity index (χ2n) is 5.79. The van der Waals surface area contributed by atoms with E-state index in [9.17, 15) is 18.0 Å². The molecule has 0 aliphatic heterocycles. The molecule has 1 N–H and O–H groups in total. The Balaban J connectivity index is 1.79. The first-order valence-corrected chi connectivity index (χ1v) is 7.84. The number of fused-ring (bicyclic) bond motifs is 1. The smallest absolute Gasteiger partial charge is 0.322 e. The third kappa shape index (κ3) is 3.91. The third-order valence-electron chi connectivity index (χ3n) is 3.95. The maximum atomic E-state index is 12.6. The predicted molar refractivity (Wildman–Crippen MR) is 95.5 cm³/mol. The van der Waals surface area contributed by atoms with Crippen molar-refractivity contribution in [3.05, 3.63) is 78.1 Å². The van der Waals surface area contributed by atoms with E-state index in [1.54, 1.807) is 31.5 Å². The van der Waals surface area contributed by atoms with Gasteiger partial charge >= 0.3 is 6.18 Å². The molecule has 0 aliphatic rings. The zero-order chi connectivity index (χ0) is 18.7. The third-order valence-corrected chi connectivity index (χ3v) is 3.95. The maximum absolute atomic E-state index is 12.6. The number of pyridine rings is 1. The molecule has 3 aromatic rings. The van der Waals surface area contributed by atoms with Gasteiger partial charge in [0.1, 0.15) is 0 Å². The molecule has 1 heterocycles. The van der Waals surface area contributed by atoms with Crippen molar-refractivity contribution in [2.45, 2.75) is 13.1 Å². The van der Waals surface area contributed by atoms with Gasteiger partial charge in [0.2, 0.25) is 5.91 Å². The SMILES string of the molecule is C/C(=C/C(=O)Nc1cccc2cnccc12)c1ccc(C(F)(F)F)cc1. The number of hydrogen-bond acceptors (Lipinski definition) is 2. The lowest BCUT2D eigenvalue weighted by Crippen LogP contribution is -2.09. The molecule has 1 amide bonds. The van der Waals surface area contributed by atoms with Gasteiger partial charge in [0.25, 0.3) is 0 Å². The lowest BCUT2D eigenvalue weighted by molar-refractivity contribution is -0.137. The molecule has 1 aromatic heterocycles. The van der Waals surface area contributed by atoms with Gasteiger partial charge in [-0.25, -0.2) is 0 Å². The first kappa shape index (κ1) is 17.7. The molecule has 3 nitrogen and oxygen atoms in total. The minimum atomic E-state index is -4.38. The molecule has 6 heteroatoms. The number of alkyl halides is 3. The van der Waals surface area contributed by atoms with Crippen LogP contribution in [0.25, 0.3) is 16.3 Å². The Labute approximate surface area is 148 Å². The van der Waals surface area contributed by atoms with Crippen LogP contribution >= 0.6 is 0 Å². The highest BCUT2D eigenvalue weighted by atomic mass is 19.4. The van der Waals surface area contributed by atoms with Gasteiger partial charge < -0.3 is 5.32 Å². The number of carbonyl (C=O) groups excluding carboxylic acids is 1. The van der Waals surface area contributed by atoms with E-state index in [4.69, 9.17) is 0 Å². The molecular formula is C20H15F3N2O. The molecule has 0 fully saturated rings. The predicted octanol–water partition coefficient (Wildman–Crippen LogP) is 5.30. The number of nitrogens with one attached hydrogen (secondary N) is 1. The van der Waals surface area contributed by atoms with Crippen LogP contribution in [0, 0.1) is 0 Å². The molecule has 0 radical (unpaired) electrons. The zero-order valence-electron chi connectivity index (χ0n) is 13.8. The normalized spacial score (nSPS) is 12.2. The Kier molecular flexibility index (Phi) is 4.75. The van der Waals surface area contributed by atoms with Crippen molar-refractivity contribution in [1.29, 1.82) is 0 Å². The van der Waals surface area contributed by atoms with E-state index in [1.807, 2.05) is 12.1 Å². The fourth-order valence-electron chi connectivity index (χ4n) is 2.60. The molecule has 132 valence electrons. The molecule has 0 saturated heterocycles. The largest absolute Gasteiger partial charge is 0.416 e.